The molecule has 1 atom stereocenters. The second kappa shape index (κ2) is 9.12. The van der Waals surface area contributed by atoms with Gasteiger partial charge in [0.25, 0.3) is 5.91 Å². The molecule has 1 aliphatic rings. The number of hydrogen-bond acceptors (Lipinski definition) is 5. The van der Waals surface area contributed by atoms with Crippen molar-refractivity contribution in [3.05, 3.63) is 48.5 Å². The second-order valence-electron chi connectivity index (χ2n) is 6.64. The van der Waals surface area contributed by atoms with E-state index < -0.39 is 11.9 Å². The van der Waals surface area contributed by atoms with Crippen molar-refractivity contribution in [2.24, 2.45) is 0 Å². The maximum atomic E-state index is 12.7. The van der Waals surface area contributed by atoms with Gasteiger partial charge in [-0.15, -0.1) is 0 Å². The van der Waals surface area contributed by atoms with Crippen LogP contribution in [0, 0.1) is 0 Å². The predicted molar refractivity (Wildman–Crippen MR) is 105 cm³/mol. The SMILES string of the molecule is CCCC(NC(=O)c1cnccn1)C(=O)Nc1cccc(N2CCCC2)c1. The summed E-state index contributed by atoms with van der Waals surface area (Å²) in [5.41, 5.74) is 2.04. The maximum Gasteiger partial charge on any atom is 0.272 e. The highest BCUT2D eigenvalue weighted by Crippen LogP contribution is 2.23. The summed E-state index contributed by atoms with van der Waals surface area (Å²) >= 11 is 0. The van der Waals surface area contributed by atoms with E-state index in [1.54, 1.807) is 0 Å². The smallest absolute Gasteiger partial charge is 0.272 e. The molecule has 142 valence electrons. The van der Waals surface area contributed by atoms with Gasteiger partial charge in [-0.25, -0.2) is 4.98 Å². The standard InChI is InChI=1S/C20H25N5O2/c1-2-6-17(24-20(27)18-14-21-9-10-22-18)19(26)23-15-7-5-8-16(13-15)25-11-3-4-12-25/h5,7-10,13-14,17H,2-4,6,11-12H2,1H3,(H,23,26)(H,24,27). The third-order valence-corrected chi connectivity index (χ3v) is 4.58. The third-order valence-electron chi connectivity index (χ3n) is 4.58. The molecule has 2 aromatic rings. The third kappa shape index (κ3) is 5.03. The number of carbonyl (C=O) groups is 2. The second-order valence-corrected chi connectivity index (χ2v) is 6.64. The fourth-order valence-corrected chi connectivity index (χ4v) is 3.19. The van der Waals surface area contributed by atoms with Crippen LogP contribution in [-0.2, 0) is 4.79 Å². The van der Waals surface area contributed by atoms with Crippen LogP contribution in [0.25, 0.3) is 0 Å². The van der Waals surface area contributed by atoms with Gasteiger partial charge in [-0.1, -0.05) is 19.4 Å². The molecule has 1 unspecified atom stereocenters. The van der Waals surface area contributed by atoms with Crippen molar-refractivity contribution < 1.29 is 9.59 Å². The number of hydrogen-bond donors (Lipinski definition) is 2. The molecule has 2 heterocycles. The molecular formula is C20H25N5O2. The summed E-state index contributed by atoms with van der Waals surface area (Å²) in [6, 6.07) is 7.22. The quantitative estimate of drug-likeness (QED) is 0.785. The predicted octanol–water partition coefficient (Wildman–Crippen LogP) is 2.61. The number of anilines is 2. The summed E-state index contributed by atoms with van der Waals surface area (Å²) in [6.07, 6.45) is 8.05. The van der Waals surface area contributed by atoms with Crippen LogP contribution < -0.4 is 15.5 Å². The van der Waals surface area contributed by atoms with Gasteiger partial charge in [0, 0.05) is 36.9 Å². The molecule has 0 saturated carbocycles. The summed E-state index contributed by atoms with van der Waals surface area (Å²) in [4.78, 5) is 35.2. The Kier molecular flexibility index (Phi) is 6.35. The lowest BCUT2D eigenvalue weighted by molar-refractivity contribution is -0.118. The Balaban J connectivity index is 1.66. The molecular weight excluding hydrogens is 342 g/mol. The number of rotatable bonds is 7. The average molecular weight is 367 g/mol. The number of benzene rings is 1. The molecule has 0 aliphatic carbocycles. The van der Waals surface area contributed by atoms with E-state index >= 15 is 0 Å². The van der Waals surface area contributed by atoms with E-state index in [2.05, 4.69) is 31.6 Å². The van der Waals surface area contributed by atoms with Gasteiger partial charge in [-0.05, 0) is 37.5 Å². The highest BCUT2D eigenvalue weighted by Gasteiger charge is 2.22. The zero-order valence-corrected chi connectivity index (χ0v) is 15.5. The highest BCUT2D eigenvalue weighted by atomic mass is 16.2. The molecule has 7 nitrogen and oxygen atoms in total. The highest BCUT2D eigenvalue weighted by molar-refractivity contribution is 6.00. The van der Waals surface area contributed by atoms with Crippen LogP contribution >= 0.6 is 0 Å². The van der Waals surface area contributed by atoms with E-state index in [0.717, 1.165) is 30.9 Å². The fourth-order valence-electron chi connectivity index (χ4n) is 3.19. The van der Waals surface area contributed by atoms with Gasteiger partial charge in [0.2, 0.25) is 5.91 Å². The van der Waals surface area contributed by atoms with Crippen molar-refractivity contribution in [1.29, 1.82) is 0 Å². The van der Waals surface area contributed by atoms with Crippen LogP contribution in [-0.4, -0.2) is 40.9 Å². The molecule has 27 heavy (non-hydrogen) atoms. The lowest BCUT2D eigenvalue weighted by Gasteiger charge is -2.20. The van der Waals surface area contributed by atoms with Crippen molar-refractivity contribution in [2.45, 2.75) is 38.6 Å². The Morgan fingerprint density at radius 2 is 2.04 bits per heavy atom. The van der Waals surface area contributed by atoms with Crippen molar-refractivity contribution >= 4 is 23.2 Å². The lowest BCUT2D eigenvalue weighted by atomic mass is 10.1. The maximum absolute atomic E-state index is 12.7. The van der Waals surface area contributed by atoms with Gasteiger partial charge in [-0.2, -0.15) is 0 Å². The molecule has 1 saturated heterocycles. The summed E-state index contributed by atoms with van der Waals surface area (Å²) in [5.74, 6) is -0.629. The normalized spacial score (nSPS) is 14.6. The van der Waals surface area contributed by atoms with Crippen molar-refractivity contribution in [3.8, 4) is 0 Å². The van der Waals surface area contributed by atoms with Crippen molar-refractivity contribution in [1.82, 2.24) is 15.3 Å². The van der Waals surface area contributed by atoms with Gasteiger partial charge in [0.1, 0.15) is 11.7 Å². The van der Waals surface area contributed by atoms with Crippen LogP contribution in [0.5, 0.6) is 0 Å². The number of nitrogens with zero attached hydrogens (tertiary/aromatic N) is 3. The number of carbonyl (C=O) groups excluding carboxylic acids is 2. The Labute approximate surface area is 159 Å². The average Bonchev–Trinajstić information content (AvgIpc) is 3.23. The van der Waals surface area contributed by atoms with E-state index in [4.69, 9.17) is 0 Å². The minimum absolute atomic E-state index is 0.197. The number of amides is 2. The Hall–Kier alpha value is -2.96. The first kappa shape index (κ1) is 18.8. The molecule has 2 amide bonds. The van der Waals surface area contributed by atoms with E-state index in [1.807, 2.05) is 25.1 Å². The van der Waals surface area contributed by atoms with E-state index in [-0.39, 0.29) is 11.6 Å². The van der Waals surface area contributed by atoms with Crippen LogP contribution in [0.1, 0.15) is 43.1 Å². The molecule has 1 aromatic carbocycles. The molecule has 1 aromatic heterocycles. The molecule has 7 heteroatoms. The van der Waals surface area contributed by atoms with E-state index in [9.17, 15) is 9.59 Å². The summed E-state index contributed by atoms with van der Waals surface area (Å²) in [5, 5.41) is 5.69. The van der Waals surface area contributed by atoms with Crippen molar-refractivity contribution in [2.75, 3.05) is 23.3 Å². The molecule has 3 rings (SSSR count). The largest absolute Gasteiger partial charge is 0.371 e. The van der Waals surface area contributed by atoms with Gasteiger partial charge < -0.3 is 15.5 Å². The zero-order valence-electron chi connectivity index (χ0n) is 15.5. The van der Waals surface area contributed by atoms with E-state index in [1.165, 1.54) is 31.4 Å². The first-order valence-electron chi connectivity index (χ1n) is 9.40. The fraction of sp³-hybridized carbons (Fsp3) is 0.400. The first-order chi connectivity index (χ1) is 13.2. The van der Waals surface area contributed by atoms with Crippen LogP contribution in [0.4, 0.5) is 11.4 Å². The Morgan fingerprint density at radius 3 is 2.74 bits per heavy atom. The lowest BCUT2D eigenvalue weighted by Crippen LogP contribution is -2.44. The van der Waals surface area contributed by atoms with Crippen molar-refractivity contribution in [3.63, 3.8) is 0 Å². The number of nitrogens with one attached hydrogen (secondary N) is 2. The molecule has 0 spiro atoms. The molecule has 0 bridgehead atoms. The Morgan fingerprint density at radius 1 is 1.22 bits per heavy atom. The first-order valence-corrected chi connectivity index (χ1v) is 9.40. The summed E-state index contributed by atoms with van der Waals surface area (Å²) in [6.45, 7) is 4.07. The minimum atomic E-state index is -0.625. The van der Waals surface area contributed by atoms with Crippen LogP contribution in [0.15, 0.2) is 42.9 Å². The molecule has 1 fully saturated rings. The molecule has 2 N–H and O–H groups in total. The van der Waals surface area contributed by atoms with Gasteiger partial charge >= 0.3 is 0 Å². The zero-order chi connectivity index (χ0) is 19.1. The van der Waals surface area contributed by atoms with Gasteiger partial charge in [0.15, 0.2) is 0 Å². The van der Waals surface area contributed by atoms with Crippen LogP contribution in [0.2, 0.25) is 0 Å². The molecule has 1 aliphatic heterocycles. The van der Waals surface area contributed by atoms with Gasteiger partial charge in [0.05, 0.1) is 6.20 Å². The van der Waals surface area contributed by atoms with Gasteiger partial charge in [-0.3, -0.25) is 14.6 Å². The topological polar surface area (TPSA) is 87.2 Å². The minimum Gasteiger partial charge on any atom is -0.371 e. The summed E-state index contributed by atoms with van der Waals surface area (Å²) < 4.78 is 0. The van der Waals surface area contributed by atoms with E-state index in [0.29, 0.717) is 6.42 Å². The Bertz CT molecular complexity index is 775. The monoisotopic (exact) mass is 367 g/mol. The summed E-state index contributed by atoms with van der Waals surface area (Å²) in [7, 11) is 0. The molecule has 0 radical (unpaired) electrons. The number of aromatic nitrogens is 2. The van der Waals surface area contributed by atoms with Crippen LogP contribution in [0.3, 0.4) is 0 Å².